The maximum absolute atomic E-state index is 13.1. The highest BCUT2D eigenvalue weighted by Crippen LogP contribution is 2.28. The highest BCUT2D eigenvalue weighted by atomic mass is 32.2. The van der Waals surface area contributed by atoms with Gasteiger partial charge in [-0.2, -0.15) is 4.31 Å². The van der Waals surface area contributed by atoms with Gasteiger partial charge in [-0.25, -0.2) is 8.42 Å². The van der Waals surface area contributed by atoms with Gasteiger partial charge in [0.15, 0.2) is 0 Å². The molecule has 0 spiro atoms. The maximum Gasteiger partial charge on any atom is 0.245 e. The zero-order valence-corrected chi connectivity index (χ0v) is 14.2. The summed E-state index contributed by atoms with van der Waals surface area (Å²) >= 11 is 0. The average Bonchev–Trinajstić information content (AvgIpc) is 2.54. The van der Waals surface area contributed by atoms with Crippen LogP contribution in [0.5, 0.6) is 0 Å². The Labute approximate surface area is 137 Å². The number of rotatable bonds is 4. The average molecular weight is 333 g/mol. The third-order valence-electron chi connectivity index (χ3n) is 4.49. The van der Waals surface area contributed by atoms with Crippen LogP contribution in [0.25, 0.3) is 10.9 Å². The van der Waals surface area contributed by atoms with E-state index in [1.807, 2.05) is 19.1 Å². The van der Waals surface area contributed by atoms with E-state index in [2.05, 4.69) is 4.98 Å². The van der Waals surface area contributed by atoms with Crippen molar-refractivity contribution in [2.45, 2.75) is 31.1 Å². The van der Waals surface area contributed by atoms with Crippen molar-refractivity contribution in [3.05, 3.63) is 36.0 Å². The molecule has 1 aliphatic rings. The number of fused-ring (bicyclic) bond motifs is 1. The third-order valence-corrected chi connectivity index (χ3v) is 6.38. The minimum atomic E-state index is -3.52. The Kier molecular flexibility index (Phi) is 4.66. The number of hydrogen-bond acceptors (Lipinski definition) is 4. The van der Waals surface area contributed by atoms with Crippen LogP contribution >= 0.6 is 0 Å². The van der Waals surface area contributed by atoms with Gasteiger partial charge in [-0.15, -0.1) is 0 Å². The molecule has 6 heteroatoms. The summed E-state index contributed by atoms with van der Waals surface area (Å²) in [5.41, 5.74) is 7.21. The van der Waals surface area contributed by atoms with Gasteiger partial charge < -0.3 is 5.73 Å². The van der Waals surface area contributed by atoms with Gasteiger partial charge in [0.1, 0.15) is 4.90 Å². The third kappa shape index (κ3) is 3.24. The van der Waals surface area contributed by atoms with Crippen LogP contribution in [-0.4, -0.2) is 37.3 Å². The highest BCUT2D eigenvalue weighted by molar-refractivity contribution is 7.89. The number of para-hydroxylation sites is 1. The van der Waals surface area contributed by atoms with Crippen molar-refractivity contribution >= 4 is 20.9 Å². The Morgan fingerprint density at radius 3 is 3.00 bits per heavy atom. The van der Waals surface area contributed by atoms with E-state index in [0.29, 0.717) is 36.0 Å². The lowest BCUT2D eigenvalue weighted by Crippen LogP contribution is -2.40. The summed E-state index contributed by atoms with van der Waals surface area (Å²) in [6.45, 7) is 3.69. The number of pyridine rings is 1. The summed E-state index contributed by atoms with van der Waals surface area (Å²) in [7, 11) is -3.52. The molecular formula is C17H23N3O2S. The second kappa shape index (κ2) is 6.55. The molecule has 3 rings (SSSR count). The molecule has 1 aromatic carbocycles. The fourth-order valence-electron chi connectivity index (χ4n) is 3.31. The fraction of sp³-hybridized carbons (Fsp3) is 0.471. The number of hydrogen-bond donors (Lipinski definition) is 1. The zero-order chi connectivity index (χ0) is 16.4. The number of nitrogens with zero attached hydrogens (tertiary/aromatic N) is 2. The molecule has 2 heterocycles. The number of benzene rings is 1. The lowest BCUT2D eigenvalue weighted by atomic mass is 9.96. The molecule has 0 saturated carbocycles. The van der Waals surface area contributed by atoms with Gasteiger partial charge in [0, 0.05) is 24.7 Å². The van der Waals surface area contributed by atoms with E-state index < -0.39 is 10.0 Å². The molecule has 1 aromatic heterocycles. The van der Waals surface area contributed by atoms with Crippen LogP contribution in [0.4, 0.5) is 0 Å². The fourth-order valence-corrected chi connectivity index (χ4v) is 5.03. The summed E-state index contributed by atoms with van der Waals surface area (Å²) in [5, 5.41) is 0.863. The van der Waals surface area contributed by atoms with Crippen LogP contribution in [0.2, 0.25) is 0 Å². The number of nitrogens with two attached hydrogens (primary N) is 1. The molecule has 0 radical (unpaired) electrons. The van der Waals surface area contributed by atoms with Crippen molar-refractivity contribution in [3.8, 4) is 0 Å². The molecular weight excluding hydrogens is 310 g/mol. The molecule has 2 N–H and O–H groups in total. The molecule has 1 aliphatic heterocycles. The maximum atomic E-state index is 13.1. The zero-order valence-electron chi connectivity index (χ0n) is 13.4. The van der Waals surface area contributed by atoms with Crippen molar-refractivity contribution in [2.75, 3.05) is 19.6 Å². The first kappa shape index (κ1) is 16.4. The predicted molar refractivity (Wildman–Crippen MR) is 91.6 cm³/mol. The van der Waals surface area contributed by atoms with Gasteiger partial charge in [-0.05, 0) is 56.3 Å². The van der Waals surface area contributed by atoms with Gasteiger partial charge in [0.2, 0.25) is 10.0 Å². The molecule has 0 bridgehead atoms. The molecule has 5 nitrogen and oxygen atoms in total. The van der Waals surface area contributed by atoms with Gasteiger partial charge in [-0.3, -0.25) is 4.98 Å². The molecule has 1 atom stereocenters. The normalized spacial score (nSPS) is 20.0. The topological polar surface area (TPSA) is 76.3 Å². The minimum Gasteiger partial charge on any atom is -0.330 e. The van der Waals surface area contributed by atoms with Crippen molar-refractivity contribution in [3.63, 3.8) is 0 Å². The Hall–Kier alpha value is -1.50. The van der Waals surface area contributed by atoms with Crippen molar-refractivity contribution in [2.24, 2.45) is 11.7 Å². The molecule has 1 fully saturated rings. The van der Waals surface area contributed by atoms with Crippen molar-refractivity contribution < 1.29 is 8.42 Å². The Morgan fingerprint density at radius 1 is 1.39 bits per heavy atom. The van der Waals surface area contributed by atoms with Crippen LogP contribution in [0.1, 0.15) is 24.8 Å². The first-order valence-electron chi connectivity index (χ1n) is 8.08. The van der Waals surface area contributed by atoms with Crippen LogP contribution in [-0.2, 0) is 10.0 Å². The van der Waals surface area contributed by atoms with E-state index in [1.165, 1.54) is 0 Å². The van der Waals surface area contributed by atoms with Crippen LogP contribution in [0.15, 0.2) is 35.4 Å². The minimum absolute atomic E-state index is 0.309. The molecule has 124 valence electrons. The first-order chi connectivity index (χ1) is 11.0. The summed E-state index contributed by atoms with van der Waals surface area (Å²) in [6.07, 6.45) is 4.53. The van der Waals surface area contributed by atoms with E-state index in [9.17, 15) is 8.42 Å². The van der Waals surface area contributed by atoms with Gasteiger partial charge >= 0.3 is 0 Å². The monoisotopic (exact) mass is 333 g/mol. The molecule has 1 saturated heterocycles. The summed E-state index contributed by atoms with van der Waals surface area (Å²) in [5.74, 6) is 0.355. The Morgan fingerprint density at radius 2 is 2.22 bits per heavy atom. The molecule has 0 amide bonds. The Bertz CT molecular complexity index is 803. The SMILES string of the molecule is Cc1cnc2c(S(=O)(=O)N3CCCC(CCN)C3)cccc2c1. The Balaban J connectivity index is 1.99. The summed E-state index contributed by atoms with van der Waals surface area (Å²) in [4.78, 5) is 4.68. The summed E-state index contributed by atoms with van der Waals surface area (Å²) < 4.78 is 27.8. The molecule has 2 aromatic rings. The van der Waals surface area contributed by atoms with Crippen molar-refractivity contribution in [1.82, 2.24) is 9.29 Å². The van der Waals surface area contributed by atoms with Crippen LogP contribution in [0, 0.1) is 12.8 Å². The lowest BCUT2D eigenvalue weighted by Gasteiger charge is -2.32. The van der Waals surface area contributed by atoms with Gasteiger partial charge in [0.25, 0.3) is 0 Å². The second-order valence-corrected chi connectivity index (χ2v) is 8.20. The number of aromatic nitrogens is 1. The predicted octanol–water partition coefficient (Wildman–Crippen LogP) is 2.29. The largest absolute Gasteiger partial charge is 0.330 e. The van der Waals surface area contributed by atoms with Gasteiger partial charge in [-0.1, -0.05) is 12.1 Å². The standard InChI is InChI=1S/C17H23N3O2S/c1-13-10-15-5-2-6-16(17(15)19-11-13)23(21,22)20-9-3-4-14(12-20)7-8-18/h2,5-6,10-11,14H,3-4,7-9,12,18H2,1H3. The smallest absolute Gasteiger partial charge is 0.245 e. The summed E-state index contributed by atoms with van der Waals surface area (Å²) in [6, 6.07) is 7.32. The number of aryl methyl sites for hydroxylation is 1. The van der Waals surface area contributed by atoms with Gasteiger partial charge in [0.05, 0.1) is 5.52 Å². The first-order valence-corrected chi connectivity index (χ1v) is 9.52. The lowest BCUT2D eigenvalue weighted by molar-refractivity contribution is 0.258. The number of sulfonamides is 1. The molecule has 0 aliphatic carbocycles. The second-order valence-electron chi connectivity index (χ2n) is 6.29. The van der Waals surface area contributed by atoms with Crippen molar-refractivity contribution in [1.29, 1.82) is 0 Å². The van der Waals surface area contributed by atoms with Crippen LogP contribution in [0.3, 0.4) is 0 Å². The quantitative estimate of drug-likeness (QED) is 0.931. The van der Waals surface area contributed by atoms with E-state index in [4.69, 9.17) is 5.73 Å². The van der Waals surface area contributed by atoms with E-state index in [-0.39, 0.29) is 0 Å². The van der Waals surface area contributed by atoms with E-state index >= 15 is 0 Å². The van der Waals surface area contributed by atoms with E-state index in [1.54, 1.807) is 22.6 Å². The molecule has 1 unspecified atom stereocenters. The number of piperidine rings is 1. The van der Waals surface area contributed by atoms with Crippen LogP contribution < -0.4 is 5.73 Å². The van der Waals surface area contributed by atoms with E-state index in [0.717, 1.165) is 30.2 Å². The molecule has 23 heavy (non-hydrogen) atoms. The highest BCUT2D eigenvalue weighted by Gasteiger charge is 2.31.